The monoisotopic (exact) mass is 331 g/mol. The number of rotatable bonds is 4. The minimum absolute atomic E-state index is 0.160. The molecule has 0 aromatic heterocycles. The topological polar surface area (TPSA) is 36.0 Å². The number of ether oxygens (including phenoxy) is 1. The molecule has 2 amide bonds. The van der Waals surface area contributed by atoms with Crippen molar-refractivity contribution in [1.29, 1.82) is 0 Å². The van der Waals surface area contributed by atoms with Gasteiger partial charge in [0, 0.05) is 39.3 Å². The maximum absolute atomic E-state index is 12.7. The van der Waals surface area contributed by atoms with Crippen LogP contribution in [-0.2, 0) is 11.2 Å². The highest BCUT2D eigenvalue weighted by atomic mass is 16.5. The first-order valence-corrected chi connectivity index (χ1v) is 9.10. The summed E-state index contributed by atoms with van der Waals surface area (Å²) in [5.41, 5.74) is 1.39. The van der Waals surface area contributed by atoms with Gasteiger partial charge in [-0.15, -0.1) is 0 Å². The molecule has 0 saturated carbocycles. The maximum Gasteiger partial charge on any atom is 0.320 e. The van der Waals surface area contributed by atoms with Gasteiger partial charge in [0.15, 0.2) is 0 Å². The number of carbonyl (C=O) groups excluding carboxylic acids is 1. The van der Waals surface area contributed by atoms with Crippen molar-refractivity contribution in [3.8, 4) is 0 Å². The largest absolute Gasteiger partial charge is 0.378 e. The molecule has 5 nitrogen and oxygen atoms in total. The molecule has 2 aliphatic rings. The summed E-state index contributed by atoms with van der Waals surface area (Å²) in [6.45, 7) is 5.95. The molecule has 0 bridgehead atoms. The molecular formula is C19H29N3O2. The van der Waals surface area contributed by atoms with Crippen molar-refractivity contribution in [1.82, 2.24) is 14.7 Å². The number of likely N-dealkylation sites (tertiary alicyclic amines) is 1. The zero-order chi connectivity index (χ0) is 16.8. The van der Waals surface area contributed by atoms with Gasteiger partial charge in [-0.3, -0.25) is 0 Å². The first-order chi connectivity index (χ1) is 11.7. The number of nitrogens with zero attached hydrogens (tertiary/aromatic N) is 3. The first kappa shape index (κ1) is 17.2. The molecule has 1 atom stereocenters. The Kier molecular flexibility index (Phi) is 6.10. The number of urea groups is 1. The molecule has 2 saturated heterocycles. The van der Waals surface area contributed by atoms with Crippen molar-refractivity contribution in [2.24, 2.45) is 0 Å². The number of hydrogen-bond donors (Lipinski definition) is 0. The molecule has 0 N–H and O–H groups in total. The molecule has 24 heavy (non-hydrogen) atoms. The van der Waals surface area contributed by atoms with Gasteiger partial charge in [0.05, 0.1) is 13.2 Å². The standard InChI is InChI=1S/C19H29N3O2/c1-20(19(23)22-12-14-24-15-13-22)18-8-5-10-21(16-18)11-9-17-6-3-2-4-7-17/h2-4,6-7,18H,5,8-16H2,1H3. The van der Waals surface area contributed by atoms with E-state index in [1.54, 1.807) is 0 Å². The molecule has 0 spiro atoms. The quantitative estimate of drug-likeness (QED) is 0.847. The lowest BCUT2D eigenvalue weighted by atomic mass is 10.0. The number of likely N-dealkylation sites (N-methyl/N-ethyl adjacent to an activating group) is 1. The molecule has 2 aliphatic heterocycles. The van der Waals surface area contributed by atoms with Crippen LogP contribution in [0.3, 0.4) is 0 Å². The van der Waals surface area contributed by atoms with E-state index in [1.807, 2.05) is 16.8 Å². The van der Waals surface area contributed by atoms with Crippen LogP contribution in [0, 0.1) is 0 Å². The number of amides is 2. The van der Waals surface area contributed by atoms with E-state index in [-0.39, 0.29) is 6.03 Å². The van der Waals surface area contributed by atoms with Gasteiger partial charge in [0.1, 0.15) is 0 Å². The van der Waals surface area contributed by atoms with Crippen LogP contribution in [0.15, 0.2) is 30.3 Å². The lowest BCUT2D eigenvalue weighted by molar-refractivity contribution is 0.0370. The average Bonchev–Trinajstić information content (AvgIpc) is 2.67. The van der Waals surface area contributed by atoms with Gasteiger partial charge in [0.2, 0.25) is 0 Å². The van der Waals surface area contributed by atoms with Gasteiger partial charge in [-0.2, -0.15) is 0 Å². The number of piperidine rings is 1. The van der Waals surface area contributed by atoms with Crippen molar-refractivity contribution in [3.63, 3.8) is 0 Å². The summed E-state index contributed by atoms with van der Waals surface area (Å²) >= 11 is 0. The normalized spacial score (nSPS) is 22.4. The molecule has 2 fully saturated rings. The third-order valence-corrected chi connectivity index (χ3v) is 5.17. The second-order valence-electron chi connectivity index (χ2n) is 6.83. The SMILES string of the molecule is CN(C(=O)N1CCOCC1)C1CCCN(CCc2ccccc2)C1. The highest BCUT2D eigenvalue weighted by molar-refractivity contribution is 5.74. The van der Waals surface area contributed by atoms with Crippen LogP contribution in [0.2, 0.25) is 0 Å². The van der Waals surface area contributed by atoms with Gasteiger partial charge in [-0.1, -0.05) is 30.3 Å². The minimum atomic E-state index is 0.160. The summed E-state index contributed by atoms with van der Waals surface area (Å²) in [7, 11) is 1.96. The lowest BCUT2D eigenvalue weighted by Gasteiger charge is -2.40. The summed E-state index contributed by atoms with van der Waals surface area (Å²) in [5, 5.41) is 0. The Labute approximate surface area is 145 Å². The van der Waals surface area contributed by atoms with Crippen LogP contribution in [0.4, 0.5) is 4.79 Å². The Bertz CT molecular complexity index is 517. The van der Waals surface area contributed by atoms with Gasteiger partial charge < -0.3 is 19.4 Å². The summed E-state index contributed by atoms with van der Waals surface area (Å²) in [6, 6.07) is 11.1. The highest BCUT2D eigenvalue weighted by Gasteiger charge is 2.29. The Morgan fingerprint density at radius 1 is 1.21 bits per heavy atom. The number of hydrogen-bond acceptors (Lipinski definition) is 3. The van der Waals surface area contributed by atoms with Gasteiger partial charge in [-0.05, 0) is 31.4 Å². The van der Waals surface area contributed by atoms with Crippen LogP contribution < -0.4 is 0 Å². The summed E-state index contributed by atoms with van der Waals surface area (Å²) in [6.07, 6.45) is 3.35. The van der Waals surface area contributed by atoms with Crippen LogP contribution in [0.5, 0.6) is 0 Å². The van der Waals surface area contributed by atoms with E-state index in [2.05, 4.69) is 35.2 Å². The molecule has 0 radical (unpaired) electrons. The fraction of sp³-hybridized carbons (Fsp3) is 0.632. The average molecular weight is 331 g/mol. The van der Waals surface area contributed by atoms with Gasteiger partial charge in [-0.25, -0.2) is 4.79 Å². The Hall–Kier alpha value is -1.59. The second kappa shape index (κ2) is 8.49. The molecule has 3 rings (SSSR count). The Balaban J connectivity index is 1.49. The zero-order valence-electron chi connectivity index (χ0n) is 14.7. The van der Waals surface area contributed by atoms with Crippen molar-refractivity contribution < 1.29 is 9.53 Å². The van der Waals surface area contributed by atoms with Crippen LogP contribution in [0.1, 0.15) is 18.4 Å². The van der Waals surface area contributed by atoms with E-state index in [9.17, 15) is 4.79 Å². The highest BCUT2D eigenvalue weighted by Crippen LogP contribution is 2.17. The summed E-state index contributed by atoms with van der Waals surface area (Å²) < 4.78 is 5.35. The fourth-order valence-corrected chi connectivity index (χ4v) is 3.62. The number of benzene rings is 1. The van der Waals surface area contributed by atoms with E-state index < -0.39 is 0 Å². The van der Waals surface area contributed by atoms with Gasteiger partial charge in [0.25, 0.3) is 0 Å². The van der Waals surface area contributed by atoms with E-state index in [0.29, 0.717) is 32.3 Å². The van der Waals surface area contributed by atoms with E-state index in [0.717, 1.165) is 32.5 Å². The third kappa shape index (κ3) is 4.48. The smallest absolute Gasteiger partial charge is 0.320 e. The number of carbonyl (C=O) groups is 1. The molecule has 5 heteroatoms. The van der Waals surface area contributed by atoms with E-state index in [4.69, 9.17) is 4.74 Å². The molecule has 1 unspecified atom stereocenters. The second-order valence-corrected chi connectivity index (χ2v) is 6.83. The van der Waals surface area contributed by atoms with Crippen molar-refractivity contribution in [3.05, 3.63) is 35.9 Å². The lowest BCUT2D eigenvalue weighted by Crippen LogP contribution is -2.54. The fourth-order valence-electron chi connectivity index (χ4n) is 3.62. The molecular weight excluding hydrogens is 302 g/mol. The summed E-state index contributed by atoms with van der Waals surface area (Å²) in [5.74, 6) is 0. The van der Waals surface area contributed by atoms with Crippen molar-refractivity contribution >= 4 is 6.03 Å². The molecule has 1 aromatic carbocycles. The Morgan fingerprint density at radius 2 is 1.96 bits per heavy atom. The van der Waals surface area contributed by atoms with Crippen LogP contribution >= 0.6 is 0 Å². The van der Waals surface area contributed by atoms with Crippen molar-refractivity contribution in [2.75, 3.05) is 53.0 Å². The predicted molar refractivity (Wildman–Crippen MR) is 95.2 cm³/mol. The molecule has 0 aliphatic carbocycles. The maximum atomic E-state index is 12.7. The summed E-state index contributed by atoms with van der Waals surface area (Å²) in [4.78, 5) is 19.0. The first-order valence-electron chi connectivity index (χ1n) is 9.10. The Morgan fingerprint density at radius 3 is 2.71 bits per heavy atom. The van der Waals surface area contributed by atoms with Crippen molar-refractivity contribution in [2.45, 2.75) is 25.3 Å². The van der Waals surface area contributed by atoms with Crippen LogP contribution in [0.25, 0.3) is 0 Å². The number of morpholine rings is 1. The van der Waals surface area contributed by atoms with E-state index in [1.165, 1.54) is 12.0 Å². The molecule has 2 heterocycles. The zero-order valence-corrected chi connectivity index (χ0v) is 14.7. The predicted octanol–water partition coefficient (Wildman–Crippen LogP) is 2.08. The van der Waals surface area contributed by atoms with Crippen LogP contribution in [-0.4, -0.2) is 79.8 Å². The van der Waals surface area contributed by atoms with E-state index >= 15 is 0 Å². The molecule has 132 valence electrons. The van der Waals surface area contributed by atoms with Gasteiger partial charge >= 0.3 is 6.03 Å². The molecule has 1 aromatic rings. The minimum Gasteiger partial charge on any atom is -0.378 e. The third-order valence-electron chi connectivity index (χ3n) is 5.17.